The fourth-order valence-electron chi connectivity index (χ4n) is 1.75. The highest BCUT2D eigenvalue weighted by atomic mass is 16.5. The summed E-state index contributed by atoms with van der Waals surface area (Å²) in [4.78, 5) is 0. The zero-order valence-corrected chi connectivity index (χ0v) is 8.45. The van der Waals surface area contributed by atoms with Gasteiger partial charge < -0.3 is 9.84 Å². The van der Waals surface area contributed by atoms with Crippen LogP contribution in [0.2, 0.25) is 0 Å². The molecule has 0 bridgehead atoms. The Morgan fingerprint density at radius 1 is 1.17 bits per heavy atom. The second-order valence-electron chi connectivity index (χ2n) is 4.43. The summed E-state index contributed by atoms with van der Waals surface area (Å²) in [6.45, 7) is 8.47. The zero-order valence-electron chi connectivity index (χ0n) is 8.45. The van der Waals surface area contributed by atoms with Crippen molar-refractivity contribution in [1.82, 2.24) is 0 Å². The first-order valence-corrected chi connectivity index (χ1v) is 4.86. The molecular weight excluding hydrogens is 152 g/mol. The quantitative estimate of drug-likeness (QED) is 0.688. The van der Waals surface area contributed by atoms with Gasteiger partial charge in [-0.15, -0.1) is 0 Å². The van der Waals surface area contributed by atoms with Crippen molar-refractivity contribution < 1.29 is 9.84 Å². The molecule has 0 spiro atoms. The lowest BCUT2D eigenvalue weighted by molar-refractivity contribution is -0.0297. The number of ether oxygens (including phenoxy) is 1. The van der Waals surface area contributed by atoms with Gasteiger partial charge in [0.1, 0.15) is 0 Å². The van der Waals surface area contributed by atoms with Gasteiger partial charge >= 0.3 is 0 Å². The Morgan fingerprint density at radius 3 is 2.00 bits per heavy atom. The van der Waals surface area contributed by atoms with E-state index in [0.717, 1.165) is 6.42 Å². The van der Waals surface area contributed by atoms with Gasteiger partial charge in [0.2, 0.25) is 0 Å². The number of rotatable bonds is 2. The second-order valence-corrected chi connectivity index (χ2v) is 4.43. The van der Waals surface area contributed by atoms with Crippen LogP contribution >= 0.6 is 0 Å². The summed E-state index contributed by atoms with van der Waals surface area (Å²) in [5.41, 5.74) is 0. The first-order valence-electron chi connectivity index (χ1n) is 4.86. The van der Waals surface area contributed by atoms with Crippen molar-refractivity contribution in [3.8, 4) is 0 Å². The minimum Gasteiger partial charge on any atom is -0.390 e. The molecule has 0 unspecified atom stereocenters. The Labute approximate surface area is 74.9 Å². The highest BCUT2D eigenvalue weighted by Crippen LogP contribution is 2.29. The summed E-state index contributed by atoms with van der Waals surface area (Å²) in [6.07, 6.45) is 0.864. The van der Waals surface area contributed by atoms with Crippen molar-refractivity contribution in [1.29, 1.82) is 0 Å². The molecule has 1 saturated heterocycles. The fourth-order valence-corrected chi connectivity index (χ4v) is 1.75. The average Bonchev–Trinajstić information content (AvgIpc) is 2.30. The molecule has 0 radical (unpaired) electrons. The Morgan fingerprint density at radius 2 is 1.75 bits per heavy atom. The van der Waals surface area contributed by atoms with Crippen LogP contribution in [-0.4, -0.2) is 23.4 Å². The number of hydrogen-bond acceptors (Lipinski definition) is 2. The smallest absolute Gasteiger partial charge is 0.0861 e. The van der Waals surface area contributed by atoms with E-state index in [1.54, 1.807) is 0 Å². The molecule has 0 aliphatic carbocycles. The summed E-state index contributed by atoms with van der Waals surface area (Å²) >= 11 is 0. The molecule has 0 aromatic heterocycles. The number of aliphatic hydroxyl groups is 1. The van der Waals surface area contributed by atoms with E-state index >= 15 is 0 Å². The lowest BCUT2D eigenvalue weighted by Crippen LogP contribution is -2.26. The highest BCUT2D eigenvalue weighted by Gasteiger charge is 2.36. The summed E-state index contributed by atoms with van der Waals surface area (Å²) < 4.78 is 5.75. The van der Waals surface area contributed by atoms with Gasteiger partial charge in [0, 0.05) is 6.42 Å². The standard InChI is InChI=1S/C10H20O2/c1-6(2)9-5-8(11)10(12-9)7(3)4/h6-11H,5H2,1-4H3/t8-,9+,10+/m0/s1. The molecule has 1 N–H and O–H groups in total. The Balaban J connectivity index is 2.50. The zero-order chi connectivity index (χ0) is 9.30. The molecular formula is C10H20O2. The lowest BCUT2D eigenvalue weighted by atomic mass is 9.99. The molecule has 1 heterocycles. The molecule has 72 valence electrons. The van der Waals surface area contributed by atoms with Gasteiger partial charge in [-0.3, -0.25) is 0 Å². The van der Waals surface area contributed by atoms with Gasteiger partial charge in [-0.1, -0.05) is 27.7 Å². The van der Waals surface area contributed by atoms with Gasteiger partial charge in [-0.05, 0) is 11.8 Å². The molecule has 1 aliphatic heterocycles. The Bertz CT molecular complexity index is 143. The first kappa shape index (κ1) is 10.0. The summed E-state index contributed by atoms with van der Waals surface area (Å²) in [5, 5.41) is 9.65. The van der Waals surface area contributed by atoms with E-state index in [0.29, 0.717) is 11.8 Å². The minimum atomic E-state index is -0.252. The third-order valence-electron chi connectivity index (χ3n) is 2.59. The van der Waals surface area contributed by atoms with Crippen molar-refractivity contribution in [2.45, 2.75) is 52.4 Å². The minimum absolute atomic E-state index is 0.0531. The molecule has 0 amide bonds. The van der Waals surface area contributed by atoms with Crippen LogP contribution in [-0.2, 0) is 4.74 Å². The first-order chi connectivity index (χ1) is 5.52. The third kappa shape index (κ3) is 1.99. The van der Waals surface area contributed by atoms with Crippen LogP contribution in [0, 0.1) is 11.8 Å². The van der Waals surface area contributed by atoms with Crippen LogP contribution in [0.1, 0.15) is 34.1 Å². The van der Waals surface area contributed by atoms with Gasteiger partial charge in [0.05, 0.1) is 18.3 Å². The van der Waals surface area contributed by atoms with E-state index in [2.05, 4.69) is 27.7 Å². The monoisotopic (exact) mass is 172 g/mol. The largest absolute Gasteiger partial charge is 0.390 e. The van der Waals surface area contributed by atoms with Crippen LogP contribution in [0.15, 0.2) is 0 Å². The Hall–Kier alpha value is -0.0800. The van der Waals surface area contributed by atoms with Crippen LogP contribution in [0.4, 0.5) is 0 Å². The molecule has 2 heteroatoms. The maximum absolute atomic E-state index is 9.65. The molecule has 0 aromatic carbocycles. The van der Waals surface area contributed by atoms with Crippen LogP contribution < -0.4 is 0 Å². The van der Waals surface area contributed by atoms with E-state index in [4.69, 9.17) is 4.74 Å². The number of hydrogen-bond donors (Lipinski definition) is 1. The molecule has 3 atom stereocenters. The maximum atomic E-state index is 9.65. The van der Waals surface area contributed by atoms with Crippen molar-refractivity contribution >= 4 is 0 Å². The lowest BCUT2D eigenvalue weighted by Gasteiger charge is -2.19. The molecule has 1 rings (SSSR count). The molecule has 0 saturated carbocycles. The SMILES string of the molecule is CC(C)[C@H]1O[C@@H](C(C)C)C[C@@H]1O. The molecule has 0 aromatic rings. The van der Waals surface area contributed by atoms with Crippen LogP contribution in [0.5, 0.6) is 0 Å². The van der Waals surface area contributed by atoms with Crippen molar-refractivity contribution in [2.75, 3.05) is 0 Å². The van der Waals surface area contributed by atoms with Crippen molar-refractivity contribution in [2.24, 2.45) is 11.8 Å². The van der Waals surface area contributed by atoms with Gasteiger partial charge in [0.15, 0.2) is 0 Å². The van der Waals surface area contributed by atoms with E-state index in [-0.39, 0.29) is 18.3 Å². The van der Waals surface area contributed by atoms with E-state index in [1.165, 1.54) is 0 Å². The van der Waals surface area contributed by atoms with Gasteiger partial charge in [-0.2, -0.15) is 0 Å². The summed E-state index contributed by atoms with van der Waals surface area (Å²) in [6, 6.07) is 0. The molecule has 12 heavy (non-hydrogen) atoms. The highest BCUT2D eigenvalue weighted by molar-refractivity contribution is 4.85. The van der Waals surface area contributed by atoms with Crippen LogP contribution in [0.3, 0.4) is 0 Å². The van der Waals surface area contributed by atoms with E-state index in [9.17, 15) is 5.11 Å². The fraction of sp³-hybridized carbons (Fsp3) is 1.00. The summed E-state index contributed by atoms with van der Waals surface area (Å²) in [7, 11) is 0. The normalized spacial score (nSPS) is 36.8. The summed E-state index contributed by atoms with van der Waals surface area (Å²) in [5.74, 6) is 0.937. The number of aliphatic hydroxyl groups excluding tert-OH is 1. The second kappa shape index (κ2) is 3.75. The van der Waals surface area contributed by atoms with Crippen molar-refractivity contribution in [3.63, 3.8) is 0 Å². The predicted octanol–water partition coefficient (Wildman–Crippen LogP) is 1.82. The van der Waals surface area contributed by atoms with E-state index < -0.39 is 0 Å². The van der Waals surface area contributed by atoms with E-state index in [1.807, 2.05) is 0 Å². The van der Waals surface area contributed by atoms with Gasteiger partial charge in [0.25, 0.3) is 0 Å². The molecule has 2 nitrogen and oxygen atoms in total. The van der Waals surface area contributed by atoms with Crippen LogP contribution in [0.25, 0.3) is 0 Å². The molecule has 1 fully saturated rings. The third-order valence-corrected chi connectivity index (χ3v) is 2.59. The maximum Gasteiger partial charge on any atom is 0.0861 e. The van der Waals surface area contributed by atoms with Crippen molar-refractivity contribution in [3.05, 3.63) is 0 Å². The Kier molecular flexibility index (Phi) is 3.13. The van der Waals surface area contributed by atoms with Gasteiger partial charge in [-0.25, -0.2) is 0 Å². The average molecular weight is 172 g/mol. The predicted molar refractivity (Wildman–Crippen MR) is 49.0 cm³/mol. The molecule has 1 aliphatic rings. The topological polar surface area (TPSA) is 29.5 Å².